The molecule has 37 heavy (non-hydrogen) atoms. The van der Waals surface area contributed by atoms with Crippen molar-refractivity contribution in [1.82, 2.24) is 10.2 Å². The van der Waals surface area contributed by atoms with E-state index < -0.39 is 6.04 Å². The number of hydrogen-bond donors (Lipinski definition) is 1. The van der Waals surface area contributed by atoms with Crippen molar-refractivity contribution < 1.29 is 9.59 Å². The Bertz CT molecular complexity index is 1150. The van der Waals surface area contributed by atoms with Crippen LogP contribution in [0.15, 0.2) is 78.9 Å². The maximum atomic E-state index is 13.8. The summed E-state index contributed by atoms with van der Waals surface area (Å²) in [4.78, 5) is 28.9. The summed E-state index contributed by atoms with van der Waals surface area (Å²) in [5, 5.41) is 3.61. The van der Waals surface area contributed by atoms with Crippen LogP contribution in [-0.2, 0) is 34.4 Å². The lowest BCUT2D eigenvalue weighted by molar-refractivity contribution is -0.141. The van der Waals surface area contributed by atoms with E-state index in [0.717, 1.165) is 23.1 Å². The zero-order chi connectivity index (χ0) is 26.8. The molecule has 2 amide bonds. The van der Waals surface area contributed by atoms with Crippen molar-refractivity contribution in [2.75, 3.05) is 6.54 Å². The second-order valence-electron chi connectivity index (χ2n) is 10.6. The van der Waals surface area contributed by atoms with Gasteiger partial charge in [-0.3, -0.25) is 9.59 Å². The minimum Gasteiger partial charge on any atom is -0.354 e. The van der Waals surface area contributed by atoms with Gasteiger partial charge in [-0.25, -0.2) is 0 Å². The van der Waals surface area contributed by atoms with Gasteiger partial charge >= 0.3 is 0 Å². The standard InChI is InChI=1S/C32H39ClN2O2/c1-5-21-34-31(37)29(22-25-11-7-6-8-12-25)35(23-26-13-9-10-14-28(26)33)30(36)20-17-24-15-18-27(19-16-24)32(2,3)4/h6-16,18-19,29H,5,17,20-23H2,1-4H3,(H,34,37). The average molecular weight is 519 g/mol. The molecule has 3 rings (SSSR count). The van der Waals surface area contributed by atoms with Gasteiger partial charge in [0.1, 0.15) is 6.04 Å². The number of carbonyl (C=O) groups is 2. The Kier molecular flexibility index (Phi) is 10.3. The number of aryl methyl sites for hydroxylation is 1. The van der Waals surface area contributed by atoms with Gasteiger partial charge in [-0.15, -0.1) is 0 Å². The third kappa shape index (κ3) is 8.46. The summed E-state index contributed by atoms with van der Waals surface area (Å²) < 4.78 is 0. The van der Waals surface area contributed by atoms with Gasteiger partial charge in [0.25, 0.3) is 0 Å². The number of carbonyl (C=O) groups excluding carboxylic acids is 2. The Hall–Kier alpha value is -3.11. The van der Waals surface area contributed by atoms with Gasteiger partial charge in [-0.1, -0.05) is 112 Å². The summed E-state index contributed by atoms with van der Waals surface area (Å²) in [6.07, 6.45) is 2.18. The first-order valence-corrected chi connectivity index (χ1v) is 13.5. The van der Waals surface area contributed by atoms with Crippen molar-refractivity contribution >= 4 is 23.4 Å². The van der Waals surface area contributed by atoms with E-state index in [1.807, 2.05) is 61.5 Å². The Morgan fingerprint density at radius 1 is 0.892 bits per heavy atom. The van der Waals surface area contributed by atoms with Gasteiger partial charge in [0.2, 0.25) is 11.8 Å². The van der Waals surface area contributed by atoms with E-state index >= 15 is 0 Å². The van der Waals surface area contributed by atoms with Crippen LogP contribution in [0.2, 0.25) is 5.02 Å². The molecule has 0 radical (unpaired) electrons. The number of benzene rings is 3. The molecule has 1 atom stereocenters. The number of rotatable bonds is 11. The first-order valence-electron chi connectivity index (χ1n) is 13.1. The lowest BCUT2D eigenvalue weighted by Gasteiger charge is -2.32. The predicted octanol–water partition coefficient (Wildman–Crippen LogP) is 6.74. The van der Waals surface area contributed by atoms with Gasteiger partial charge in [0.05, 0.1) is 0 Å². The number of nitrogens with zero attached hydrogens (tertiary/aromatic N) is 1. The fraction of sp³-hybridized carbons (Fsp3) is 0.375. The van der Waals surface area contributed by atoms with Crippen LogP contribution in [0.5, 0.6) is 0 Å². The SMILES string of the molecule is CCCNC(=O)C(Cc1ccccc1)N(Cc1ccccc1Cl)C(=O)CCc1ccc(C(C)(C)C)cc1. The minimum atomic E-state index is -0.638. The Balaban J connectivity index is 1.87. The molecule has 4 nitrogen and oxygen atoms in total. The molecular weight excluding hydrogens is 480 g/mol. The van der Waals surface area contributed by atoms with Crippen molar-refractivity contribution in [1.29, 1.82) is 0 Å². The van der Waals surface area contributed by atoms with Crippen LogP contribution in [0, 0.1) is 0 Å². The van der Waals surface area contributed by atoms with Crippen molar-refractivity contribution in [3.8, 4) is 0 Å². The number of halogens is 1. The van der Waals surface area contributed by atoms with Crippen LogP contribution in [0.3, 0.4) is 0 Å². The maximum Gasteiger partial charge on any atom is 0.243 e. The largest absolute Gasteiger partial charge is 0.354 e. The fourth-order valence-corrected chi connectivity index (χ4v) is 4.49. The highest BCUT2D eigenvalue weighted by Gasteiger charge is 2.30. The van der Waals surface area contributed by atoms with E-state index in [-0.39, 0.29) is 23.8 Å². The lowest BCUT2D eigenvalue weighted by Crippen LogP contribution is -2.50. The first-order chi connectivity index (χ1) is 17.7. The Morgan fingerprint density at radius 2 is 1.54 bits per heavy atom. The third-order valence-corrected chi connectivity index (χ3v) is 6.94. The zero-order valence-electron chi connectivity index (χ0n) is 22.5. The highest BCUT2D eigenvalue weighted by molar-refractivity contribution is 6.31. The highest BCUT2D eigenvalue weighted by Crippen LogP contribution is 2.24. The molecule has 0 aromatic heterocycles. The van der Waals surface area contributed by atoms with E-state index in [1.165, 1.54) is 5.56 Å². The molecule has 0 saturated carbocycles. The maximum absolute atomic E-state index is 13.8. The Labute approximate surface area is 227 Å². The molecule has 0 fully saturated rings. The number of hydrogen-bond acceptors (Lipinski definition) is 2. The average Bonchev–Trinajstić information content (AvgIpc) is 2.89. The number of amides is 2. The van der Waals surface area contributed by atoms with Crippen LogP contribution < -0.4 is 5.32 Å². The molecule has 1 unspecified atom stereocenters. The van der Waals surface area contributed by atoms with Crippen molar-refractivity contribution in [3.63, 3.8) is 0 Å². The molecule has 0 aliphatic heterocycles. The minimum absolute atomic E-state index is 0.0626. The highest BCUT2D eigenvalue weighted by atomic mass is 35.5. The quantitative estimate of drug-likeness (QED) is 0.305. The van der Waals surface area contributed by atoms with E-state index in [2.05, 4.69) is 50.4 Å². The summed E-state index contributed by atoms with van der Waals surface area (Å²) in [5.74, 6) is -0.201. The number of nitrogens with one attached hydrogen (secondary N) is 1. The summed E-state index contributed by atoms with van der Waals surface area (Å²) in [7, 11) is 0. The molecule has 3 aromatic carbocycles. The second kappa shape index (κ2) is 13.4. The fourth-order valence-electron chi connectivity index (χ4n) is 4.30. The van der Waals surface area contributed by atoms with E-state index in [9.17, 15) is 9.59 Å². The molecule has 0 bridgehead atoms. The molecular formula is C32H39ClN2O2. The van der Waals surface area contributed by atoms with Gasteiger partial charge in [-0.05, 0) is 46.6 Å². The first kappa shape index (κ1) is 28.5. The van der Waals surface area contributed by atoms with Crippen molar-refractivity contribution in [2.45, 2.75) is 71.4 Å². The molecule has 0 heterocycles. The molecule has 196 valence electrons. The van der Waals surface area contributed by atoms with Crippen LogP contribution in [0.1, 0.15) is 62.8 Å². The van der Waals surface area contributed by atoms with Crippen LogP contribution in [-0.4, -0.2) is 29.3 Å². The topological polar surface area (TPSA) is 49.4 Å². The third-order valence-electron chi connectivity index (χ3n) is 6.57. The molecule has 5 heteroatoms. The van der Waals surface area contributed by atoms with Gasteiger partial charge in [-0.2, -0.15) is 0 Å². The summed E-state index contributed by atoms with van der Waals surface area (Å²) >= 11 is 6.49. The van der Waals surface area contributed by atoms with E-state index in [1.54, 1.807) is 4.90 Å². The van der Waals surface area contributed by atoms with Gasteiger partial charge in [0, 0.05) is 31.0 Å². The summed E-state index contributed by atoms with van der Waals surface area (Å²) in [6.45, 7) is 9.43. The van der Waals surface area contributed by atoms with Crippen LogP contribution in [0.25, 0.3) is 0 Å². The molecule has 0 aliphatic carbocycles. The second-order valence-corrected chi connectivity index (χ2v) is 11.0. The zero-order valence-corrected chi connectivity index (χ0v) is 23.2. The lowest BCUT2D eigenvalue weighted by atomic mass is 9.86. The van der Waals surface area contributed by atoms with E-state index in [0.29, 0.717) is 30.8 Å². The van der Waals surface area contributed by atoms with Crippen molar-refractivity contribution in [3.05, 3.63) is 106 Å². The molecule has 0 saturated heterocycles. The smallest absolute Gasteiger partial charge is 0.243 e. The normalized spacial score (nSPS) is 12.1. The summed E-state index contributed by atoms with van der Waals surface area (Å²) in [6, 6.07) is 25.2. The molecule has 1 N–H and O–H groups in total. The molecule has 0 aliphatic rings. The predicted molar refractivity (Wildman–Crippen MR) is 153 cm³/mol. The monoisotopic (exact) mass is 518 g/mol. The molecule has 0 spiro atoms. The van der Waals surface area contributed by atoms with E-state index in [4.69, 9.17) is 11.6 Å². The molecule has 3 aromatic rings. The van der Waals surface area contributed by atoms with Gasteiger partial charge < -0.3 is 10.2 Å². The van der Waals surface area contributed by atoms with Crippen molar-refractivity contribution in [2.24, 2.45) is 0 Å². The van der Waals surface area contributed by atoms with Crippen LogP contribution in [0.4, 0.5) is 0 Å². The Morgan fingerprint density at radius 3 is 2.16 bits per heavy atom. The van der Waals surface area contributed by atoms with Gasteiger partial charge in [0.15, 0.2) is 0 Å². The van der Waals surface area contributed by atoms with Crippen LogP contribution >= 0.6 is 11.6 Å². The summed E-state index contributed by atoms with van der Waals surface area (Å²) in [5.41, 5.74) is 4.28.